The average Bonchev–Trinajstić information content (AvgIpc) is 2.89. The minimum absolute atomic E-state index is 0.158. The molecule has 1 atom stereocenters. The van der Waals surface area contributed by atoms with Crippen LogP contribution in [0.4, 0.5) is 5.69 Å². The lowest BCUT2D eigenvalue weighted by molar-refractivity contribution is -0.918. The van der Waals surface area contributed by atoms with Crippen LogP contribution < -0.4 is 14.5 Å². The van der Waals surface area contributed by atoms with E-state index in [0.717, 1.165) is 11.3 Å². The zero-order valence-electron chi connectivity index (χ0n) is 13.0. The number of imide groups is 1. The highest BCUT2D eigenvalue weighted by atomic mass is 16.5. The van der Waals surface area contributed by atoms with Crippen molar-refractivity contribution in [2.45, 2.75) is 12.5 Å². The molecule has 2 fully saturated rings. The molecule has 3 amide bonds. The maximum absolute atomic E-state index is 12.7. The summed E-state index contributed by atoms with van der Waals surface area (Å²) in [5.41, 5.74) is 0.578. The number of ether oxygens (including phenoxy) is 1. The van der Waals surface area contributed by atoms with Crippen molar-refractivity contribution in [1.29, 1.82) is 0 Å². The summed E-state index contributed by atoms with van der Waals surface area (Å²) in [7, 11) is 1.57. The molecule has 0 saturated carbocycles. The number of quaternary nitrogens is 1. The molecule has 3 rings (SSSR count). The SMILES string of the molecule is COc1ccc(N2C(=O)CC([NH+]3CCN(C=O)CC3)C2=O)cc1. The molecule has 7 heteroatoms. The zero-order valence-corrected chi connectivity index (χ0v) is 13.0. The van der Waals surface area contributed by atoms with Gasteiger partial charge in [0.25, 0.3) is 5.91 Å². The van der Waals surface area contributed by atoms with Crippen LogP contribution in [0.3, 0.4) is 0 Å². The third kappa shape index (κ3) is 2.92. The van der Waals surface area contributed by atoms with Crippen LogP contribution in [0.2, 0.25) is 0 Å². The first-order chi connectivity index (χ1) is 11.1. The van der Waals surface area contributed by atoms with Crippen molar-refractivity contribution < 1.29 is 24.0 Å². The number of piperazine rings is 1. The Morgan fingerprint density at radius 1 is 1.17 bits per heavy atom. The number of hydrogen-bond acceptors (Lipinski definition) is 4. The van der Waals surface area contributed by atoms with Gasteiger partial charge in [-0.05, 0) is 24.3 Å². The van der Waals surface area contributed by atoms with Gasteiger partial charge < -0.3 is 14.5 Å². The lowest BCUT2D eigenvalue weighted by Gasteiger charge is -2.32. The molecule has 0 radical (unpaired) electrons. The highest BCUT2D eigenvalue weighted by molar-refractivity contribution is 6.21. The van der Waals surface area contributed by atoms with Gasteiger partial charge in [-0.3, -0.25) is 14.4 Å². The molecular formula is C16H20N3O4+. The van der Waals surface area contributed by atoms with Crippen molar-refractivity contribution >= 4 is 23.9 Å². The lowest BCUT2D eigenvalue weighted by Crippen LogP contribution is -3.19. The fourth-order valence-electron chi connectivity index (χ4n) is 3.22. The summed E-state index contributed by atoms with van der Waals surface area (Å²) >= 11 is 0. The summed E-state index contributed by atoms with van der Waals surface area (Å²) in [4.78, 5) is 39.8. The number of carbonyl (C=O) groups is 3. The predicted octanol–water partition coefficient (Wildman–Crippen LogP) is -1.32. The molecule has 1 aromatic carbocycles. The van der Waals surface area contributed by atoms with Crippen molar-refractivity contribution in [3.63, 3.8) is 0 Å². The van der Waals surface area contributed by atoms with E-state index < -0.39 is 0 Å². The predicted molar refractivity (Wildman–Crippen MR) is 82.2 cm³/mol. The number of carbonyl (C=O) groups excluding carboxylic acids is 3. The van der Waals surface area contributed by atoms with Crippen molar-refractivity contribution in [2.24, 2.45) is 0 Å². The minimum atomic E-state index is -0.349. The van der Waals surface area contributed by atoms with E-state index in [4.69, 9.17) is 4.74 Å². The number of benzene rings is 1. The van der Waals surface area contributed by atoms with Gasteiger partial charge >= 0.3 is 0 Å². The van der Waals surface area contributed by atoms with E-state index >= 15 is 0 Å². The summed E-state index contributed by atoms with van der Waals surface area (Å²) in [6.07, 6.45) is 1.06. The number of hydrogen-bond donors (Lipinski definition) is 1. The molecule has 7 nitrogen and oxygen atoms in total. The number of nitrogens with zero attached hydrogens (tertiary/aromatic N) is 2. The van der Waals surface area contributed by atoms with Gasteiger partial charge in [0, 0.05) is 0 Å². The third-order valence-electron chi connectivity index (χ3n) is 4.56. The Hall–Kier alpha value is -2.41. The number of rotatable bonds is 4. The highest BCUT2D eigenvalue weighted by Crippen LogP contribution is 2.24. The molecule has 2 aliphatic heterocycles. The highest BCUT2D eigenvalue weighted by Gasteiger charge is 2.46. The second kappa shape index (κ2) is 6.37. The number of nitrogens with one attached hydrogen (secondary N) is 1. The van der Waals surface area contributed by atoms with Crippen LogP contribution in [-0.2, 0) is 14.4 Å². The number of anilines is 1. The van der Waals surface area contributed by atoms with Crippen molar-refractivity contribution in [1.82, 2.24) is 4.90 Å². The Kier molecular flexibility index (Phi) is 4.29. The second-order valence-electron chi connectivity index (χ2n) is 5.82. The first-order valence-corrected chi connectivity index (χ1v) is 7.69. The van der Waals surface area contributed by atoms with Gasteiger partial charge in [-0.15, -0.1) is 0 Å². The van der Waals surface area contributed by atoms with Crippen LogP contribution in [0.5, 0.6) is 5.75 Å². The number of methoxy groups -OCH3 is 1. The molecule has 23 heavy (non-hydrogen) atoms. The molecule has 0 aliphatic carbocycles. The Balaban J connectivity index is 1.73. The van der Waals surface area contributed by atoms with E-state index in [1.165, 1.54) is 4.90 Å². The van der Waals surface area contributed by atoms with E-state index in [-0.39, 0.29) is 24.3 Å². The molecule has 122 valence electrons. The molecule has 2 heterocycles. The van der Waals surface area contributed by atoms with Crippen LogP contribution in [0.15, 0.2) is 24.3 Å². The summed E-state index contributed by atoms with van der Waals surface area (Å²) in [5.74, 6) is 0.352. The number of amides is 3. The Morgan fingerprint density at radius 2 is 1.83 bits per heavy atom. The van der Waals surface area contributed by atoms with Crippen LogP contribution in [0.25, 0.3) is 0 Å². The van der Waals surface area contributed by atoms with Crippen LogP contribution in [0, 0.1) is 0 Å². The fraction of sp³-hybridized carbons (Fsp3) is 0.438. The lowest BCUT2D eigenvalue weighted by atomic mass is 10.2. The Labute approximate surface area is 134 Å². The van der Waals surface area contributed by atoms with Gasteiger partial charge in [0.05, 0.1) is 45.4 Å². The molecule has 0 bridgehead atoms. The summed E-state index contributed by atoms with van der Waals surface area (Å²) < 4.78 is 5.10. The average molecular weight is 318 g/mol. The molecule has 1 unspecified atom stereocenters. The molecule has 0 spiro atoms. The van der Waals surface area contributed by atoms with Crippen molar-refractivity contribution in [2.75, 3.05) is 38.2 Å². The maximum Gasteiger partial charge on any atom is 0.292 e. The van der Waals surface area contributed by atoms with Crippen LogP contribution in [0.1, 0.15) is 6.42 Å². The standard InChI is InChI=1S/C16H19N3O4/c1-23-13-4-2-12(3-5-13)19-15(21)10-14(16(19)22)18-8-6-17(11-20)7-9-18/h2-5,11,14H,6-10H2,1H3/p+1. The van der Waals surface area contributed by atoms with Crippen molar-refractivity contribution in [3.8, 4) is 5.75 Å². The maximum atomic E-state index is 12.7. The monoisotopic (exact) mass is 318 g/mol. The van der Waals surface area contributed by atoms with Gasteiger partial charge in [-0.2, -0.15) is 0 Å². The third-order valence-corrected chi connectivity index (χ3v) is 4.56. The largest absolute Gasteiger partial charge is 0.497 e. The molecule has 1 N–H and O–H groups in total. The second-order valence-corrected chi connectivity index (χ2v) is 5.82. The molecule has 1 aromatic rings. The molecule has 2 saturated heterocycles. The summed E-state index contributed by atoms with van der Waals surface area (Å²) in [6.45, 7) is 2.64. The van der Waals surface area contributed by atoms with E-state index in [1.54, 1.807) is 36.3 Å². The quantitative estimate of drug-likeness (QED) is 0.552. The topological polar surface area (TPSA) is 71.4 Å². The fourth-order valence-corrected chi connectivity index (χ4v) is 3.22. The van der Waals surface area contributed by atoms with E-state index in [9.17, 15) is 14.4 Å². The normalized spacial score (nSPS) is 22.6. The van der Waals surface area contributed by atoms with Crippen molar-refractivity contribution in [3.05, 3.63) is 24.3 Å². The Bertz CT molecular complexity index is 608. The summed E-state index contributed by atoms with van der Waals surface area (Å²) in [5, 5.41) is 0. The molecular weight excluding hydrogens is 298 g/mol. The zero-order chi connectivity index (χ0) is 16.4. The smallest absolute Gasteiger partial charge is 0.292 e. The van der Waals surface area contributed by atoms with Gasteiger partial charge in [0.15, 0.2) is 6.04 Å². The van der Waals surface area contributed by atoms with Gasteiger partial charge in [0.2, 0.25) is 12.3 Å². The summed E-state index contributed by atoms with van der Waals surface area (Å²) in [6, 6.07) is 6.56. The van der Waals surface area contributed by atoms with E-state index in [1.807, 2.05) is 0 Å². The minimum Gasteiger partial charge on any atom is -0.497 e. The van der Waals surface area contributed by atoms with Gasteiger partial charge in [-0.1, -0.05) is 0 Å². The molecule has 2 aliphatic rings. The van der Waals surface area contributed by atoms with Gasteiger partial charge in [0.1, 0.15) is 5.75 Å². The van der Waals surface area contributed by atoms with E-state index in [2.05, 4.69) is 0 Å². The van der Waals surface area contributed by atoms with Crippen LogP contribution in [-0.4, -0.2) is 62.5 Å². The first kappa shape index (κ1) is 15.5. The molecule has 0 aromatic heterocycles. The van der Waals surface area contributed by atoms with E-state index in [0.29, 0.717) is 37.6 Å². The Morgan fingerprint density at radius 3 is 2.39 bits per heavy atom. The van der Waals surface area contributed by atoms with Gasteiger partial charge in [-0.25, -0.2) is 4.90 Å². The van der Waals surface area contributed by atoms with Crippen LogP contribution >= 0.6 is 0 Å². The first-order valence-electron chi connectivity index (χ1n) is 7.69.